The van der Waals surface area contributed by atoms with E-state index in [2.05, 4.69) is 41.8 Å². The number of benzene rings is 1. The molecule has 4 aliphatic rings. The first-order valence-corrected chi connectivity index (χ1v) is 18.2. The molecule has 0 amide bonds. The molecule has 2 N–H and O–H groups in total. The van der Waals surface area contributed by atoms with Gasteiger partial charge in [0.15, 0.2) is 0 Å². The van der Waals surface area contributed by atoms with Crippen LogP contribution in [0.3, 0.4) is 0 Å². The Balaban J connectivity index is 0.952. The summed E-state index contributed by atoms with van der Waals surface area (Å²) in [5, 5.41) is 39.8. The quantitative estimate of drug-likeness (QED) is 0.201. The molecule has 8 rings (SSSR count). The third-order valence-corrected chi connectivity index (χ3v) is 11.0. The van der Waals surface area contributed by atoms with Crippen molar-refractivity contribution in [1.29, 1.82) is 5.26 Å². The average molecular weight is 696 g/mol. The van der Waals surface area contributed by atoms with Gasteiger partial charge in [-0.2, -0.15) is 5.26 Å². The van der Waals surface area contributed by atoms with Gasteiger partial charge in [-0.15, -0.1) is 10.2 Å². The number of morpholine rings is 1. The van der Waals surface area contributed by atoms with Crippen LogP contribution in [-0.4, -0.2) is 99.6 Å². The number of fused-ring (bicyclic) bond motifs is 2. The highest BCUT2D eigenvalue weighted by atomic mass is 16.5. The van der Waals surface area contributed by atoms with E-state index in [1.54, 1.807) is 23.1 Å². The first-order valence-electron chi connectivity index (χ1n) is 18.2. The molecular weight excluding hydrogens is 650 g/mol. The number of rotatable bonds is 13. The van der Waals surface area contributed by atoms with E-state index in [9.17, 15) is 10.4 Å². The highest BCUT2D eigenvalue weighted by molar-refractivity contribution is 5.67. The number of aliphatic hydroxyl groups is 1. The van der Waals surface area contributed by atoms with Crippen molar-refractivity contribution in [3.63, 3.8) is 0 Å². The third-order valence-electron chi connectivity index (χ3n) is 11.0. The van der Waals surface area contributed by atoms with E-state index < -0.39 is 5.60 Å². The largest absolute Gasteiger partial charge is 0.487 e. The molecule has 2 bridgehead atoms. The summed E-state index contributed by atoms with van der Waals surface area (Å²) in [4.78, 5) is 12.0. The molecule has 2 saturated heterocycles. The minimum atomic E-state index is -0.629. The van der Waals surface area contributed by atoms with Crippen LogP contribution in [0.15, 0.2) is 43.1 Å². The first kappa shape index (κ1) is 33.5. The molecule has 0 radical (unpaired) electrons. The third kappa shape index (κ3) is 7.40. The van der Waals surface area contributed by atoms with Crippen molar-refractivity contribution < 1.29 is 19.3 Å². The number of anilines is 2. The van der Waals surface area contributed by atoms with Crippen molar-refractivity contribution in [2.45, 2.75) is 114 Å². The Labute approximate surface area is 296 Å². The molecule has 1 aromatic carbocycles. The zero-order valence-corrected chi connectivity index (χ0v) is 29.0. The number of aromatic nitrogens is 8. The van der Waals surface area contributed by atoms with Gasteiger partial charge in [0.1, 0.15) is 29.9 Å². The Morgan fingerprint density at radius 3 is 2.47 bits per heavy atom. The van der Waals surface area contributed by atoms with E-state index >= 15 is 0 Å². The topological polar surface area (TPSA) is 174 Å². The van der Waals surface area contributed by atoms with Crippen LogP contribution in [0.4, 0.5) is 11.6 Å². The van der Waals surface area contributed by atoms with E-state index in [1.807, 2.05) is 29.9 Å². The van der Waals surface area contributed by atoms with Crippen molar-refractivity contribution >= 4 is 11.6 Å². The van der Waals surface area contributed by atoms with Crippen molar-refractivity contribution in [2.75, 3.05) is 25.1 Å². The Hall–Kier alpha value is -4.65. The number of nitrogens with zero attached hydrogens (tertiary/aromatic N) is 10. The highest BCUT2D eigenvalue weighted by Gasteiger charge is 2.42. The predicted octanol–water partition coefficient (Wildman–Crippen LogP) is 4.44. The van der Waals surface area contributed by atoms with Gasteiger partial charge in [0.05, 0.1) is 49.8 Å². The Bertz CT molecular complexity index is 1800. The van der Waals surface area contributed by atoms with Crippen LogP contribution in [0, 0.1) is 11.3 Å². The fraction of sp³-hybridized carbons (Fsp3) is 0.583. The van der Waals surface area contributed by atoms with Crippen LogP contribution in [0.2, 0.25) is 0 Å². The van der Waals surface area contributed by atoms with Crippen molar-refractivity contribution in [1.82, 2.24) is 44.9 Å². The molecule has 4 aromatic rings. The van der Waals surface area contributed by atoms with Gasteiger partial charge < -0.3 is 24.6 Å². The molecule has 2 saturated carbocycles. The minimum absolute atomic E-state index is 0.275. The predicted molar refractivity (Wildman–Crippen MR) is 185 cm³/mol. The molecular formula is C36H45N11O4. The minimum Gasteiger partial charge on any atom is -0.487 e. The van der Waals surface area contributed by atoms with Gasteiger partial charge in [-0.25, -0.2) is 14.6 Å². The summed E-state index contributed by atoms with van der Waals surface area (Å²) in [6.07, 6.45) is 16.9. The van der Waals surface area contributed by atoms with Gasteiger partial charge in [0, 0.05) is 42.5 Å². The summed E-state index contributed by atoms with van der Waals surface area (Å²) in [5.41, 5.74) is 2.08. The summed E-state index contributed by atoms with van der Waals surface area (Å²) in [6.45, 7) is 4.45. The maximum Gasteiger partial charge on any atom is 0.256 e. The number of hydrogen-bond donors (Lipinski definition) is 2. The zero-order chi connectivity index (χ0) is 34.8. The molecule has 0 spiro atoms. The van der Waals surface area contributed by atoms with Crippen molar-refractivity contribution in [3.8, 4) is 28.8 Å². The van der Waals surface area contributed by atoms with E-state index in [0.717, 1.165) is 69.3 Å². The van der Waals surface area contributed by atoms with E-state index in [-0.39, 0.29) is 12.1 Å². The molecule has 268 valence electrons. The van der Waals surface area contributed by atoms with E-state index in [1.165, 1.54) is 19.2 Å². The lowest BCUT2D eigenvalue weighted by Gasteiger charge is -2.43. The monoisotopic (exact) mass is 695 g/mol. The molecule has 4 fully saturated rings. The molecule has 0 unspecified atom stereocenters. The molecule has 15 nitrogen and oxygen atoms in total. The van der Waals surface area contributed by atoms with Crippen molar-refractivity contribution in [3.05, 3.63) is 48.7 Å². The standard InChI is InChI=1S/C36H45N11O4/c1-24(19-45-23-40-43-44-45)51-33-15-25(3-4-26(33)16-37)27-17-38-35(39-18-27)41-32-20-46(42-34(32)50-14-13-36(48)11-2-12-36)28-5-7-29(8-6-28)47-30-9-10-31(47)22-49-21-30/h3-4,15,17-18,20,23-24,28-31,48H,2,5-14,19,21-22H2,1H3,(H,38,39,41)/t24-,28-,29-,30-,31+/m0/s1. The summed E-state index contributed by atoms with van der Waals surface area (Å²) >= 11 is 0. The second-order valence-electron chi connectivity index (χ2n) is 14.5. The van der Waals surface area contributed by atoms with Crippen LogP contribution < -0.4 is 14.8 Å². The summed E-state index contributed by atoms with van der Waals surface area (Å²) in [6, 6.07) is 9.66. The molecule has 15 heteroatoms. The number of ether oxygens (including phenoxy) is 3. The summed E-state index contributed by atoms with van der Waals surface area (Å²) in [7, 11) is 0. The highest BCUT2D eigenvalue weighted by Crippen LogP contribution is 2.40. The first-order chi connectivity index (χ1) is 24.9. The van der Waals surface area contributed by atoms with Gasteiger partial charge >= 0.3 is 0 Å². The van der Waals surface area contributed by atoms with E-state index in [0.29, 0.717) is 66.5 Å². The Morgan fingerprint density at radius 1 is 1.04 bits per heavy atom. The lowest BCUT2D eigenvalue weighted by molar-refractivity contribution is -0.0486. The Morgan fingerprint density at radius 2 is 1.78 bits per heavy atom. The maximum absolute atomic E-state index is 10.7. The van der Waals surface area contributed by atoms with Crippen LogP contribution in [0.1, 0.15) is 82.7 Å². The molecule has 2 aliphatic carbocycles. The lowest BCUT2D eigenvalue weighted by Crippen LogP contribution is -2.52. The van der Waals surface area contributed by atoms with Crippen LogP contribution in [0.5, 0.6) is 11.6 Å². The normalized spacial score (nSPS) is 24.7. The smallest absolute Gasteiger partial charge is 0.256 e. The van der Waals surface area contributed by atoms with E-state index in [4.69, 9.17) is 19.3 Å². The van der Waals surface area contributed by atoms with Crippen LogP contribution >= 0.6 is 0 Å². The molecule has 2 aliphatic heterocycles. The van der Waals surface area contributed by atoms with Gasteiger partial charge in [-0.3, -0.25) is 9.58 Å². The Kier molecular flexibility index (Phi) is 9.54. The lowest BCUT2D eigenvalue weighted by atomic mass is 9.78. The number of nitrogens with one attached hydrogen (secondary N) is 1. The van der Waals surface area contributed by atoms with Crippen LogP contribution in [0.25, 0.3) is 11.1 Å². The van der Waals surface area contributed by atoms with Crippen LogP contribution in [-0.2, 0) is 11.3 Å². The SMILES string of the molecule is C[C@@H](Cn1cnnn1)Oc1cc(-c2cnc(Nc3cn([C@H]4CC[C@H](N5[C@@H]6CC[C@H]5COC6)CC4)nc3OCCC3(O)CCC3)nc2)ccc1C#N. The van der Waals surface area contributed by atoms with Gasteiger partial charge in [0.2, 0.25) is 5.95 Å². The second-order valence-corrected chi connectivity index (χ2v) is 14.5. The fourth-order valence-corrected chi connectivity index (χ4v) is 8.14. The molecule has 3 aromatic heterocycles. The van der Waals surface area contributed by atoms with Gasteiger partial charge in [0.25, 0.3) is 5.88 Å². The van der Waals surface area contributed by atoms with Crippen molar-refractivity contribution in [2.24, 2.45) is 0 Å². The summed E-state index contributed by atoms with van der Waals surface area (Å²) in [5.74, 6) is 1.36. The number of tetrazole rings is 1. The zero-order valence-electron chi connectivity index (χ0n) is 29.0. The molecule has 5 heterocycles. The number of nitriles is 1. The average Bonchev–Trinajstić information content (AvgIpc) is 3.85. The van der Waals surface area contributed by atoms with Gasteiger partial charge in [-0.1, -0.05) is 6.07 Å². The number of hydrogen-bond acceptors (Lipinski definition) is 13. The fourth-order valence-electron chi connectivity index (χ4n) is 8.14. The summed E-state index contributed by atoms with van der Waals surface area (Å²) < 4.78 is 21.8. The molecule has 3 atom stereocenters. The second kappa shape index (κ2) is 14.5. The maximum atomic E-state index is 10.7. The molecule has 51 heavy (non-hydrogen) atoms. The van der Waals surface area contributed by atoms with Gasteiger partial charge in [-0.05, 0) is 92.8 Å².